The lowest BCUT2D eigenvalue weighted by Gasteiger charge is -2.30. The molecule has 1 aliphatic heterocycles. The van der Waals surface area contributed by atoms with Gasteiger partial charge in [0.05, 0.1) is 37.3 Å². The number of rotatable bonds is 8. The predicted octanol–water partition coefficient (Wildman–Crippen LogP) is 0.585. The van der Waals surface area contributed by atoms with E-state index in [1.54, 1.807) is 13.8 Å². The van der Waals surface area contributed by atoms with Gasteiger partial charge in [-0.25, -0.2) is 17.6 Å². The average molecular weight is 370 g/mol. The number of imide groups is 1. The summed E-state index contributed by atoms with van der Waals surface area (Å²) in [5.74, 6) is -0.715. The highest BCUT2D eigenvalue weighted by atomic mass is 35.5. The monoisotopic (exact) mass is 369 g/mol. The zero-order valence-corrected chi connectivity index (χ0v) is 15.5. The summed E-state index contributed by atoms with van der Waals surface area (Å²) in [6.07, 6.45) is 0.846. The topological polar surface area (TPSA) is 97.8 Å². The van der Waals surface area contributed by atoms with E-state index in [1.165, 1.54) is 0 Å². The van der Waals surface area contributed by atoms with Gasteiger partial charge in [0.1, 0.15) is 5.54 Å². The fourth-order valence-electron chi connectivity index (χ4n) is 2.48. The van der Waals surface area contributed by atoms with Crippen molar-refractivity contribution in [3.63, 3.8) is 0 Å². The normalized spacial score (nSPS) is 18.9. The molecule has 1 saturated heterocycles. The van der Waals surface area contributed by atoms with Gasteiger partial charge >= 0.3 is 6.03 Å². The van der Waals surface area contributed by atoms with Crippen LogP contribution in [0.4, 0.5) is 4.79 Å². The van der Waals surface area contributed by atoms with Crippen molar-refractivity contribution in [3.8, 4) is 0 Å². The highest BCUT2D eigenvalue weighted by Gasteiger charge is 2.50. The van der Waals surface area contributed by atoms with E-state index in [0.29, 0.717) is 24.0 Å². The standard InChI is InChI=1S/C13H24ClN3O5S/c1-13(2)11(18)15(12(19)16(13)14)7-5-8-17(3,4)9-6-10-23(20,21)22/h5-10H2,1-4H3. The second-order valence-electron chi connectivity index (χ2n) is 6.93. The number of nitrogens with zero attached hydrogens (tertiary/aromatic N) is 3. The third-order valence-corrected chi connectivity index (χ3v) is 5.32. The van der Waals surface area contributed by atoms with Crippen LogP contribution < -0.4 is 0 Å². The lowest BCUT2D eigenvalue weighted by Crippen LogP contribution is -2.44. The molecule has 0 spiro atoms. The van der Waals surface area contributed by atoms with Crippen molar-refractivity contribution in [2.45, 2.75) is 32.2 Å². The molecule has 134 valence electrons. The van der Waals surface area contributed by atoms with Crippen molar-refractivity contribution in [1.82, 2.24) is 9.32 Å². The van der Waals surface area contributed by atoms with Gasteiger partial charge in [-0.3, -0.25) is 9.69 Å². The van der Waals surface area contributed by atoms with Crippen molar-refractivity contribution in [3.05, 3.63) is 0 Å². The summed E-state index contributed by atoms with van der Waals surface area (Å²) < 4.78 is 33.2. The fourth-order valence-corrected chi connectivity index (χ4v) is 3.13. The van der Waals surface area contributed by atoms with Crippen molar-refractivity contribution in [1.29, 1.82) is 0 Å². The van der Waals surface area contributed by atoms with Gasteiger partial charge < -0.3 is 9.04 Å². The molecule has 0 radical (unpaired) electrons. The Bertz CT molecular complexity index is 576. The van der Waals surface area contributed by atoms with Crippen molar-refractivity contribution < 1.29 is 27.0 Å². The third-order valence-electron chi connectivity index (χ3n) is 3.96. The number of quaternary nitrogens is 1. The molecule has 3 amide bonds. The molecular formula is C13H24ClN3O5S. The molecule has 1 aliphatic rings. The molecule has 0 N–H and O–H groups in total. The van der Waals surface area contributed by atoms with Crippen LogP contribution in [0.5, 0.6) is 0 Å². The Morgan fingerprint density at radius 1 is 1.17 bits per heavy atom. The van der Waals surface area contributed by atoms with Crippen LogP contribution in [0, 0.1) is 0 Å². The minimum Gasteiger partial charge on any atom is -0.748 e. The molecule has 8 nitrogen and oxygen atoms in total. The van der Waals surface area contributed by atoms with Crippen LogP contribution in [-0.4, -0.2) is 83.7 Å². The molecule has 23 heavy (non-hydrogen) atoms. The first-order chi connectivity index (χ1) is 10.3. The lowest BCUT2D eigenvalue weighted by atomic mass is 10.1. The summed E-state index contributed by atoms with van der Waals surface area (Å²) in [7, 11) is -0.380. The van der Waals surface area contributed by atoms with Crippen molar-refractivity contribution in [2.75, 3.05) is 39.5 Å². The van der Waals surface area contributed by atoms with Gasteiger partial charge in [0.25, 0.3) is 5.91 Å². The smallest absolute Gasteiger partial charge is 0.342 e. The van der Waals surface area contributed by atoms with Crippen LogP contribution in [0.25, 0.3) is 0 Å². The van der Waals surface area contributed by atoms with Gasteiger partial charge in [-0.1, -0.05) is 0 Å². The predicted molar refractivity (Wildman–Crippen MR) is 84.5 cm³/mol. The first kappa shape index (κ1) is 20.1. The van der Waals surface area contributed by atoms with E-state index in [4.69, 9.17) is 11.8 Å². The van der Waals surface area contributed by atoms with Gasteiger partial charge in [0, 0.05) is 36.9 Å². The van der Waals surface area contributed by atoms with E-state index in [0.717, 1.165) is 9.32 Å². The zero-order chi connectivity index (χ0) is 18.1. The average Bonchev–Trinajstić information content (AvgIpc) is 2.51. The van der Waals surface area contributed by atoms with Gasteiger partial charge in [-0.2, -0.15) is 0 Å². The molecule has 0 aromatic rings. The summed E-state index contributed by atoms with van der Waals surface area (Å²) in [4.78, 5) is 25.3. The molecule has 0 saturated carbocycles. The van der Waals surface area contributed by atoms with E-state index < -0.39 is 21.7 Å². The summed E-state index contributed by atoms with van der Waals surface area (Å²) in [6.45, 7) is 4.59. The second kappa shape index (κ2) is 6.92. The lowest BCUT2D eigenvalue weighted by molar-refractivity contribution is -0.890. The van der Waals surface area contributed by atoms with E-state index in [-0.39, 0.29) is 24.6 Å². The molecule has 1 heterocycles. The van der Waals surface area contributed by atoms with Crippen LogP contribution in [-0.2, 0) is 14.9 Å². The number of carbonyl (C=O) groups excluding carboxylic acids is 2. The molecule has 0 aliphatic carbocycles. The maximum Gasteiger partial charge on any atom is 0.342 e. The summed E-state index contributed by atoms with van der Waals surface area (Å²) in [6, 6.07) is -0.524. The van der Waals surface area contributed by atoms with Crippen LogP contribution in [0.2, 0.25) is 0 Å². The summed E-state index contributed by atoms with van der Waals surface area (Å²) in [5, 5.41) is 0. The molecule has 0 bridgehead atoms. The van der Waals surface area contributed by atoms with E-state index in [1.807, 2.05) is 14.1 Å². The molecule has 1 fully saturated rings. The highest BCUT2D eigenvalue weighted by Crippen LogP contribution is 2.29. The molecule has 0 atom stereocenters. The van der Waals surface area contributed by atoms with Gasteiger partial charge in [0.15, 0.2) is 0 Å². The Morgan fingerprint density at radius 3 is 2.13 bits per heavy atom. The van der Waals surface area contributed by atoms with E-state index in [2.05, 4.69) is 0 Å². The van der Waals surface area contributed by atoms with Crippen LogP contribution in [0.1, 0.15) is 26.7 Å². The Kier molecular flexibility index (Phi) is 6.06. The molecule has 0 aromatic heterocycles. The highest BCUT2D eigenvalue weighted by molar-refractivity contribution is 7.85. The minimum absolute atomic E-state index is 0.256. The molecule has 0 unspecified atom stereocenters. The molecule has 10 heteroatoms. The largest absolute Gasteiger partial charge is 0.748 e. The summed E-state index contributed by atoms with van der Waals surface area (Å²) >= 11 is 5.85. The second-order valence-corrected chi connectivity index (χ2v) is 8.79. The van der Waals surface area contributed by atoms with Crippen molar-refractivity contribution >= 4 is 33.8 Å². The molecular weight excluding hydrogens is 346 g/mol. The Hall–Kier alpha value is -0.900. The first-order valence-corrected chi connectivity index (χ1v) is 9.27. The number of hydrogen-bond donors (Lipinski definition) is 0. The Labute approximate surface area is 142 Å². The van der Waals surface area contributed by atoms with Crippen LogP contribution in [0.3, 0.4) is 0 Å². The van der Waals surface area contributed by atoms with E-state index >= 15 is 0 Å². The zero-order valence-electron chi connectivity index (χ0n) is 13.9. The van der Waals surface area contributed by atoms with Crippen LogP contribution >= 0.6 is 11.8 Å². The minimum atomic E-state index is -4.19. The summed E-state index contributed by atoms with van der Waals surface area (Å²) in [5.41, 5.74) is -1.05. The maximum absolute atomic E-state index is 12.2. The Balaban J connectivity index is 2.47. The van der Waals surface area contributed by atoms with Crippen molar-refractivity contribution in [2.24, 2.45) is 0 Å². The SMILES string of the molecule is CC1(C)C(=O)N(CCC[N+](C)(C)CCCS(=O)(=O)[O-])C(=O)N1Cl. The first-order valence-electron chi connectivity index (χ1n) is 7.35. The molecule has 0 aromatic carbocycles. The maximum atomic E-state index is 12.2. The fraction of sp³-hybridized carbons (Fsp3) is 0.846. The molecule has 1 rings (SSSR count). The van der Waals surface area contributed by atoms with Gasteiger partial charge in [-0.05, 0) is 13.8 Å². The van der Waals surface area contributed by atoms with Crippen LogP contribution in [0.15, 0.2) is 0 Å². The van der Waals surface area contributed by atoms with Gasteiger partial charge in [-0.15, -0.1) is 0 Å². The van der Waals surface area contributed by atoms with E-state index in [9.17, 15) is 22.6 Å². The quantitative estimate of drug-likeness (QED) is 0.270. The Morgan fingerprint density at radius 2 is 1.70 bits per heavy atom. The third kappa shape index (κ3) is 5.30. The number of hydrogen-bond acceptors (Lipinski definition) is 5. The number of amides is 3. The van der Waals surface area contributed by atoms with Gasteiger partial charge in [0.2, 0.25) is 0 Å². The number of carbonyl (C=O) groups is 2. The number of urea groups is 1. The number of halogens is 1.